The van der Waals surface area contributed by atoms with E-state index in [1.807, 2.05) is 0 Å². The van der Waals surface area contributed by atoms with Gasteiger partial charge in [0.05, 0.1) is 6.54 Å². The van der Waals surface area contributed by atoms with Crippen LogP contribution in [0.15, 0.2) is 0 Å². The van der Waals surface area contributed by atoms with Crippen molar-refractivity contribution in [2.24, 2.45) is 0 Å². The van der Waals surface area contributed by atoms with Crippen molar-refractivity contribution < 1.29 is 0 Å². The van der Waals surface area contributed by atoms with Gasteiger partial charge in [-0.05, 0) is 6.42 Å². The van der Waals surface area contributed by atoms with Gasteiger partial charge in [-0.3, -0.25) is 4.90 Å². The van der Waals surface area contributed by atoms with Crippen LogP contribution in [0.25, 0.3) is 0 Å². The van der Waals surface area contributed by atoms with E-state index in [9.17, 15) is 0 Å². The molecule has 0 amide bonds. The van der Waals surface area contributed by atoms with E-state index >= 15 is 0 Å². The SMILES string of the molecule is CCCC#CCN1CC[N]CC1. The highest BCUT2D eigenvalue weighted by Crippen LogP contribution is 1.91. The maximum atomic E-state index is 4.28. The minimum absolute atomic E-state index is 0.940. The molecule has 2 heteroatoms. The van der Waals surface area contributed by atoms with Crippen LogP contribution >= 0.6 is 0 Å². The molecule has 0 spiro atoms. The molecule has 1 fully saturated rings. The van der Waals surface area contributed by atoms with E-state index < -0.39 is 0 Å². The highest BCUT2D eigenvalue weighted by Gasteiger charge is 2.07. The predicted octanol–water partition coefficient (Wildman–Crippen LogP) is 0.710. The summed E-state index contributed by atoms with van der Waals surface area (Å²) in [7, 11) is 0. The molecule has 0 saturated carbocycles. The van der Waals surface area contributed by atoms with Crippen LogP contribution in [-0.2, 0) is 0 Å². The molecule has 1 aliphatic heterocycles. The maximum Gasteiger partial charge on any atom is 0.0602 e. The van der Waals surface area contributed by atoms with Crippen molar-refractivity contribution >= 4 is 0 Å². The summed E-state index contributed by atoms with van der Waals surface area (Å²) in [6.07, 6.45) is 2.21. The fourth-order valence-electron chi connectivity index (χ4n) is 1.19. The van der Waals surface area contributed by atoms with Gasteiger partial charge in [0.2, 0.25) is 0 Å². The highest BCUT2D eigenvalue weighted by atomic mass is 15.2. The number of piperazine rings is 1. The van der Waals surface area contributed by atoms with Gasteiger partial charge < -0.3 is 0 Å². The second-order valence-electron chi connectivity index (χ2n) is 3.05. The van der Waals surface area contributed by atoms with E-state index in [-0.39, 0.29) is 0 Å². The molecule has 1 radical (unpaired) electrons. The Morgan fingerprint density at radius 1 is 1.25 bits per heavy atom. The van der Waals surface area contributed by atoms with Crippen LogP contribution in [0.3, 0.4) is 0 Å². The summed E-state index contributed by atoms with van der Waals surface area (Å²) in [5.74, 6) is 6.35. The van der Waals surface area contributed by atoms with Gasteiger partial charge in [0, 0.05) is 32.6 Å². The first kappa shape index (κ1) is 9.57. The van der Waals surface area contributed by atoms with Crippen LogP contribution in [0.1, 0.15) is 19.8 Å². The molecule has 0 aromatic heterocycles. The lowest BCUT2D eigenvalue weighted by atomic mass is 10.3. The molecule has 0 bridgehead atoms. The normalized spacial score (nSPS) is 18.4. The van der Waals surface area contributed by atoms with Crippen molar-refractivity contribution in [3.8, 4) is 11.8 Å². The Bertz CT molecular complexity index is 160. The zero-order valence-electron chi connectivity index (χ0n) is 7.84. The predicted molar refractivity (Wildman–Crippen MR) is 51.0 cm³/mol. The molecule has 0 unspecified atom stereocenters. The van der Waals surface area contributed by atoms with E-state index in [0.29, 0.717) is 0 Å². The number of nitrogens with zero attached hydrogens (tertiary/aromatic N) is 2. The largest absolute Gasteiger partial charge is 0.290 e. The van der Waals surface area contributed by atoms with E-state index in [0.717, 1.165) is 39.1 Å². The van der Waals surface area contributed by atoms with Gasteiger partial charge >= 0.3 is 0 Å². The minimum atomic E-state index is 0.940. The number of rotatable bonds is 2. The zero-order chi connectivity index (χ0) is 8.65. The molecule has 12 heavy (non-hydrogen) atoms. The lowest BCUT2D eigenvalue weighted by Gasteiger charge is -2.23. The summed E-state index contributed by atoms with van der Waals surface area (Å²) in [6, 6.07) is 0. The zero-order valence-corrected chi connectivity index (χ0v) is 7.84. The summed E-state index contributed by atoms with van der Waals surface area (Å²) in [5, 5.41) is 4.28. The average Bonchev–Trinajstić information content (AvgIpc) is 2.14. The smallest absolute Gasteiger partial charge is 0.0602 e. The molecule has 0 N–H and O–H groups in total. The average molecular weight is 165 g/mol. The maximum absolute atomic E-state index is 4.28. The standard InChI is InChI=1S/C10H17N2/c1-2-3-4-5-8-12-9-6-11-7-10-12/h2-3,6-10H2,1H3. The molecule has 67 valence electrons. The van der Waals surface area contributed by atoms with Gasteiger partial charge in [-0.1, -0.05) is 12.8 Å². The molecule has 0 atom stereocenters. The van der Waals surface area contributed by atoms with Gasteiger partial charge in [-0.15, -0.1) is 5.92 Å². The topological polar surface area (TPSA) is 17.3 Å². The number of unbranched alkanes of at least 4 members (excludes halogenated alkanes) is 1. The van der Waals surface area contributed by atoms with E-state index in [1.54, 1.807) is 0 Å². The van der Waals surface area contributed by atoms with Crippen molar-refractivity contribution in [3.63, 3.8) is 0 Å². The van der Waals surface area contributed by atoms with Crippen molar-refractivity contribution in [3.05, 3.63) is 0 Å². The second kappa shape index (κ2) is 6.05. The van der Waals surface area contributed by atoms with Crippen molar-refractivity contribution in [1.29, 1.82) is 0 Å². The summed E-state index contributed by atoms with van der Waals surface area (Å²) < 4.78 is 0. The van der Waals surface area contributed by atoms with Crippen molar-refractivity contribution in [2.45, 2.75) is 19.8 Å². The van der Waals surface area contributed by atoms with Gasteiger partial charge in [-0.2, -0.15) is 0 Å². The fraction of sp³-hybridized carbons (Fsp3) is 0.800. The summed E-state index contributed by atoms with van der Waals surface area (Å²) in [6.45, 7) is 7.29. The van der Waals surface area contributed by atoms with Gasteiger partial charge in [-0.25, -0.2) is 5.32 Å². The Kier molecular flexibility index (Phi) is 4.82. The monoisotopic (exact) mass is 165 g/mol. The van der Waals surface area contributed by atoms with Crippen molar-refractivity contribution in [2.75, 3.05) is 32.7 Å². The summed E-state index contributed by atoms with van der Waals surface area (Å²) in [4.78, 5) is 2.37. The molecule has 0 aromatic carbocycles. The van der Waals surface area contributed by atoms with E-state index in [2.05, 4.69) is 29.0 Å². The second-order valence-corrected chi connectivity index (χ2v) is 3.05. The third kappa shape index (κ3) is 3.75. The van der Waals surface area contributed by atoms with Gasteiger partial charge in [0.15, 0.2) is 0 Å². The summed E-state index contributed by atoms with van der Waals surface area (Å²) in [5.41, 5.74) is 0. The lowest BCUT2D eigenvalue weighted by molar-refractivity contribution is 0.265. The van der Waals surface area contributed by atoms with Crippen LogP contribution in [0, 0.1) is 11.8 Å². The third-order valence-corrected chi connectivity index (χ3v) is 1.95. The summed E-state index contributed by atoms with van der Waals surface area (Å²) >= 11 is 0. The number of hydrogen-bond acceptors (Lipinski definition) is 1. The van der Waals surface area contributed by atoms with Gasteiger partial charge in [0.1, 0.15) is 0 Å². The number of hydrogen-bond donors (Lipinski definition) is 0. The fourth-order valence-corrected chi connectivity index (χ4v) is 1.19. The Hall–Kier alpha value is -0.520. The molecule has 1 heterocycles. The Labute approximate surface area is 75.3 Å². The first-order chi connectivity index (χ1) is 5.93. The first-order valence-corrected chi connectivity index (χ1v) is 4.75. The molecule has 0 aliphatic carbocycles. The van der Waals surface area contributed by atoms with Crippen LogP contribution < -0.4 is 5.32 Å². The molecular weight excluding hydrogens is 148 g/mol. The molecule has 1 aliphatic rings. The molecule has 1 rings (SSSR count). The molecule has 1 saturated heterocycles. The van der Waals surface area contributed by atoms with Gasteiger partial charge in [0.25, 0.3) is 0 Å². The van der Waals surface area contributed by atoms with Crippen molar-refractivity contribution in [1.82, 2.24) is 10.2 Å². The molecule has 0 aromatic rings. The van der Waals surface area contributed by atoms with E-state index in [1.165, 1.54) is 6.42 Å². The third-order valence-electron chi connectivity index (χ3n) is 1.95. The quantitative estimate of drug-likeness (QED) is 0.551. The Morgan fingerprint density at radius 3 is 2.67 bits per heavy atom. The molecular formula is C10H17N2. The first-order valence-electron chi connectivity index (χ1n) is 4.75. The van der Waals surface area contributed by atoms with Crippen LogP contribution in [0.2, 0.25) is 0 Å². The van der Waals surface area contributed by atoms with E-state index in [4.69, 9.17) is 0 Å². The lowest BCUT2D eigenvalue weighted by Crippen LogP contribution is -2.40. The van der Waals surface area contributed by atoms with Crippen LogP contribution in [0.5, 0.6) is 0 Å². The van der Waals surface area contributed by atoms with Crippen LogP contribution in [0.4, 0.5) is 0 Å². The Balaban J connectivity index is 2.09. The molecule has 2 nitrogen and oxygen atoms in total. The minimum Gasteiger partial charge on any atom is -0.290 e. The Morgan fingerprint density at radius 2 is 2.00 bits per heavy atom. The van der Waals surface area contributed by atoms with Crippen LogP contribution in [-0.4, -0.2) is 37.6 Å². The highest BCUT2D eigenvalue weighted by molar-refractivity contribution is 5.01.